The molecule has 0 aliphatic heterocycles. The van der Waals surface area contributed by atoms with E-state index in [1.54, 1.807) is 17.8 Å². The predicted octanol–water partition coefficient (Wildman–Crippen LogP) is 2.19. The third-order valence-electron chi connectivity index (χ3n) is 4.34. The standard InChI is InChI=1S/C10H11FN4O.C5H7BrN2.C5H5FN2O/c1-6-3-9(13-14(6)2)15-5-7(11)4-8(12)10(15)16;1-4-3-5(6)7-8(4)2;6-3-1-4(7)5(9)8-2-3/h3-5H,12H2,1-2H3;3H,1-2H3;1-2H,7H2,(H,8,9). The largest absolute Gasteiger partial charge is 0.394 e. The number of hydrogen-bond donors (Lipinski definition) is 3. The molecule has 176 valence electrons. The summed E-state index contributed by atoms with van der Waals surface area (Å²) < 4.78 is 30.6. The fraction of sp³-hybridized carbons (Fsp3) is 0.200. The Bertz CT molecular complexity index is 1330. The van der Waals surface area contributed by atoms with Crippen LogP contribution in [0.2, 0.25) is 0 Å². The maximum atomic E-state index is 13.1. The van der Waals surface area contributed by atoms with Crippen LogP contribution in [-0.2, 0) is 14.1 Å². The van der Waals surface area contributed by atoms with Gasteiger partial charge in [0.15, 0.2) is 5.82 Å². The van der Waals surface area contributed by atoms with Gasteiger partial charge in [-0.25, -0.2) is 8.78 Å². The van der Waals surface area contributed by atoms with Crippen molar-refractivity contribution in [2.45, 2.75) is 13.8 Å². The van der Waals surface area contributed by atoms with Crippen LogP contribution in [0.15, 0.2) is 50.9 Å². The Kier molecular flexibility index (Phi) is 8.29. The zero-order valence-electron chi connectivity index (χ0n) is 18.3. The second-order valence-electron chi connectivity index (χ2n) is 6.89. The van der Waals surface area contributed by atoms with E-state index in [2.05, 4.69) is 31.1 Å². The van der Waals surface area contributed by atoms with E-state index in [-0.39, 0.29) is 11.4 Å². The molecule has 0 spiro atoms. The Morgan fingerprint density at radius 1 is 0.909 bits per heavy atom. The van der Waals surface area contributed by atoms with Crippen molar-refractivity contribution < 1.29 is 8.78 Å². The minimum Gasteiger partial charge on any atom is -0.394 e. The van der Waals surface area contributed by atoms with Crippen molar-refractivity contribution in [2.75, 3.05) is 11.5 Å². The predicted molar refractivity (Wildman–Crippen MR) is 125 cm³/mol. The Hall–Kier alpha value is -3.74. The van der Waals surface area contributed by atoms with Gasteiger partial charge in [0, 0.05) is 49.9 Å². The number of pyridine rings is 2. The average Bonchev–Trinajstić information content (AvgIpc) is 3.21. The van der Waals surface area contributed by atoms with Crippen molar-refractivity contribution in [3.8, 4) is 5.82 Å². The van der Waals surface area contributed by atoms with Crippen molar-refractivity contribution in [1.29, 1.82) is 0 Å². The number of aromatic amines is 1. The zero-order valence-corrected chi connectivity index (χ0v) is 19.9. The van der Waals surface area contributed by atoms with Gasteiger partial charge in [-0.15, -0.1) is 0 Å². The number of halogens is 3. The summed E-state index contributed by atoms with van der Waals surface area (Å²) in [6.07, 6.45) is 2.03. The molecule has 0 saturated heterocycles. The third kappa shape index (κ3) is 6.87. The molecule has 33 heavy (non-hydrogen) atoms. The summed E-state index contributed by atoms with van der Waals surface area (Å²) in [5.74, 6) is -0.747. The monoisotopic (exact) mass is 524 g/mol. The molecule has 0 saturated carbocycles. The van der Waals surface area contributed by atoms with Gasteiger partial charge in [0.25, 0.3) is 11.1 Å². The number of aromatic nitrogens is 6. The molecule has 5 N–H and O–H groups in total. The lowest BCUT2D eigenvalue weighted by molar-refractivity contribution is 0.611. The van der Waals surface area contributed by atoms with Crippen LogP contribution in [-0.4, -0.2) is 29.1 Å². The fourth-order valence-corrected chi connectivity index (χ4v) is 2.96. The highest BCUT2D eigenvalue weighted by molar-refractivity contribution is 9.10. The summed E-state index contributed by atoms with van der Waals surface area (Å²) in [4.78, 5) is 24.2. The molecule has 4 aromatic heterocycles. The number of hydrogen-bond acceptors (Lipinski definition) is 6. The van der Waals surface area contributed by atoms with E-state index < -0.39 is 22.8 Å². The number of nitrogen functional groups attached to an aromatic ring is 2. The number of nitrogens with zero attached hydrogens (tertiary/aromatic N) is 5. The van der Waals surface area contributed by atoms with Gasteiger partial charge in [0.2, 0.25) is 0 Å². The van der Waals surface area contributed by atoms with Crippen LogP contribution < -0.4 is 22.6 Å². The first kappa shape index (κ1) is 25.5. The number of anilines is 2. The Balaban J connectivity index is 0.000000192. The molecular weight excluding hydrogens is 502 g/mol. The average molecular weight is 525 g/mol. The van der Waals surface area contributed by atoms with Crippen LogP contribution in [0.25, 0.3) is 5.82 Å². The van der Waals surface area contributed by atoms with Crippen molar-refractivity contribution in [3.63, 3.8) is 0 Å². The second-order valence-corrected chi connectivity index (χ2v) is 7.70. The highest BCUT2D eigenvalue weighted by atomic mass is 79.9. The van der Waals surface area contributed by atoms with Gasteiger partial charge in [0.1, 0.15) is 27.6 Å². The van der Waals surface area contributed by atoms with Crippen molar-refractivity contribution in [1.82, 2.24) is 29.1 Å². The van der Waals surface area contributed by atoms with Gasteiger partial charge in [-0.2, -0.15) is 10.2 Å². The molecule has 0 bridgehead atoms. The molecule has 0 atom stereocenters. The lowest BCUT2D eigenvalue weighted by atomic mass is 10.4. The summed E-state index contributed by atoms with van der Waals surface area (Å²) in [5.41, 5.74) is 11.3. The van der Waals surface area contributed by atoms with E-state index in [1.165, 1.54) is 0 Å². The first-order valence-electron chi connectivity index (χ1n) is 9.37. The van der Waals surface area contributed by atoms with E-state index in [0.29, 0.717) is 5.82 Å². The Labute approximate surface area is 195 Å². The molecule has 4 rings (SSSR count). The van der Waals surface area contributed by atoms with Crippen molar-refractivity contribution in [3.05, 3.63) is 85.0 Å². The molecule has 0 fully saturated rings. The lowest BCUT2D eigenvalue weighted by Gasteiger charge is -2.02. The molecule has 0 radical (unpaired) electrons. The number of rotatable bonds is 1. The maximum absolute atomic E-state index is 13.1. The van der Waals surface area contributed by atoms with E-state index in [0.717, 1.165) is 45.1 Å². The highest BCUT2D eigenvalue weighted by Gasteiger charge is 2.09. The quantitative estimate of drug-likeness (QED) is 0.348. The number of nitrogens with one attached hydrogen (secondary N) is 1. The van der Waals surface area contributed by atoms with Crippen LogP contribution >= 0.6 is 15.9 Å². The first-order valence-corrected chi connectivity index (χ1v) is 10.2. The lowest BCUT2D eigenvalue weighted by Crippen LogP contribution is -2.22. The Morgan fingerprint density at radius 3 is 1.91 bits per heavy atom. The molecule has 0 amide bonds. The van der Waals surface area contributed by atoms with Crippen molar-refractivity contribution >= 4 is 27.3 Å². The van der Waals surface area contributed by atoms with E-state index >= 15 is 0 Å². The SMILES string of the molecule is Cc1cc(-n2cc(F)cc(N)c2=O)nn1C.Cc1cc(Br)nn1C.Nc1cc(F)c[nH]c1=O. The van der Waals surface area contributed by atoms with Crippen LogP contribution in [0.1, 0.15) is 11.4 Å². The summed E-state index contributed by atoms with van der Waals surface area (Å²) in [5, 5.41) is 8.12. The number of aryl methyl sites for hydroxylation is 4. The minimum atomic E-state index is -0.569. The molecule has 0 aliphatic carbocycles. The first-order chi connectivity index (χ1) is 15.4. The van der Waals surface area contributed by atoms with E-state index in [9.17, 15) is 18.4 Å². The van der Waals surface area contributed by atoms with Crippen LogP contribution in [0.4, 0.5) is 20.2 Å². The van der Waals surface area contributed by atoms with Crippen LogP contribution in [0.3, 0.4) is 0 Å². The van der Waals surface area contributed by atoms with Gasteiger partial charge < -0.3 is 16.5 Å². The number of H-pyrrole nitrogens is 1. The highest BCUT2D eigenvalue weighted by Crippen LogP contribution is 2.08. The molecule has 10 nitrogen and oxygen atoms in total. The molecule has 0 unspecified atom stereocenters. The van der Waals surface area contributed by atoms with Gasteiger partial charge in [0.05, 0.1) is 6.20 Å². The molecular formula is C20H23BrF2N8O2. The summed E-state index contributed by atoms with van der Waals surface area (Å²) in [7, 11) is 3.66. The van der Waals surface area contributed by atoms with E-state index in [4.69, 9.17) is 11.5 Å². The fourth-order valence-electron chi connectivity index (χ4n) is 2.39. The minimum absolute atomic E-state index is 0.102. The van der Waals surface area contributed by atoms with Gasteiger partial charge in [-0.05, 0) is 35.8 Å². The second kappa shape index (κ2) is 10.7. The van der Waals surface area contributed by atoms with Crippen molar-refractivity contribution in [2.24, 2.45) is 14.1 Å². The van der Waals surface area contributed by atoms with E-state index in [1.807, 2.05) is 31.6 Å². The summed E-state index contributed by atoms with van der Waals surface area (Å²) >= 11 is 3.25. The zero-order chi connectivity index (χ0) is 24.9. The number of nitrogens with two attached hydrogens (primary N) is 2. The normalized spacial score (nSPS) is 10.2. The molecule has 4 aromatic rings. The Morgan fingerprint density at radius 2 is 1.48 bits per heavy atom. The third-order valence-corrected chi connectivity index (χ3v) is 4.73. The summed E-state index contributed by atoms with van der Waals surface area (Å²) in [6, 6.07) is 5.62. The van der Waals surface area contributed by atoms with Gasteiger partial charge in [-0.1, -0.05) is 0 Å². The molecule has 0 aromatic carbocycles. The topological polar surface area (TPSA) is 143 Å². The molecule has 13 heteroatoms. The maximum Gasteiger partial charge on any atom is 0.279 e. The van der Waals surface area contributed by atoms with Crippen LogP contribution in [0.5, 0.6) is 0 Å². The van der Waals surface area contributed by atoms with Gasteiger partial charge >= 0.3 is 0 Å². The smallest absolute Gasteiger partial charge is 0.279 e. The van der Waals surface area contributed by atoms with Crippen LogP contribution in [0, 0.1) is 25.5 Å². The van der Waals surface area contributed by atoms with Gasteiger partial charge in [-0.3, -0.25) is 23.5 Å². The molecule has 4 heterocycles. The summed E-state index contributed by atoms with van der Waals surface area (Å²) in [6.45, 7) is 3.85. The molecule has 0 aliphatic rings.